The van der Waals surface area contributed by atoms with Gasteiger partial charge in [0.1, 0.15) is 6.04 Å². The summed E-state index contributed by atoms with van der Waals surface area (Å²) in [6.07, 6.45) is 4.10. The summed E-state index contributed by atoms with van der Waals surface area (Å²) in [7, 11) is 1.23. The molecule has 0 aliphatic carbocycles. The summed E-state index contributed by atoms with van der Waals surface area (Å²) in [6.45, 7) is 0. The maximum Gasteiger partial charge on any atom is 0.330 e. The predicted octanol–water partition coefficient (Wildman–Crippen LogP) is 2.96. The number of ether oxygens (including phenoxy) is 1. The number of anilines is 1. The number of carbonyl (C=O) groups is 4. The molecular weight excluding hydrogens is 410 g/mol. The SMILES string of the molecule is COC(=O)/C=C\C[C@@H](C(=O)Nc1cccc2cccnc12)N1C(=O)c2ccccc2C1=O. The average Bonchev–Trinajstić information content (AvgIpc) is 3.07. The van der Waals surface area contributed by atoms with Gasteiger partial charge in [0.25, 0.3) is 11.8 Å². The average molecular weight is 429 g/mol. The summed E-state index contributed by atoms with van der Waals surface area (Å²) in [4.78, 5) is 55.9. The van der Waals surface area contributed by atoms with Crippen LogP contribution in [0.15, 0.2) is 72.9 Å². The lowest BCUT2D eigenvalue weighted by Crippen LogP contribution is -2.47. The standard InChI is InChI=1S/C24H19N3O5/c1-32-20(28)13-5-12-19(27-23(30)16-9-2-3-10-17(16)24(27)31)22(29)26-18-11-4-7-15-8-6-14-25-21(15)18/h2-11,13-14,19H,12H2,1H3,(H,26,29)/b13-5-/t19-/m0/s1. The van der Waals surface area contributed by atoms with Crippen LogP contribution in [0.1, 0.15) is 27.1 Å². The quantitative estimate of drug-likeness (QED) is 0.367. The van der Waals surface area contributed by atoms with Crippen LogP contribution in [-0.4, -0.2) is 46.7 Å². The minimum absolute atomic E-state index is 0.0649. The first-order valence-corrected chi connectivity index (χ1v) is 9.87. The number of amides is 3. The summed E-state index contributed by atoms with van der Waals surface area (Å²) in [5.41, 5.74) is 1.50. The van der Waals surface area contributed by atoms with Crippen LogP contribution in [0.5, 0.6) is 0 Å². The van der Waals surface area contributed by atoms with E-state index in [1.54, 1.807) is 48.7 Å². The Kier molecular flexibility index (Phi) is 5.76. The highest BCUT2D eigenvalue weighted by Crippen LogP contribution is 2.27. The molecule has 2 aromatic carbocycles. The van der Waals surface area contributed by atoms with E-state index in [0.717, 1.165) is 16.4 Å². The fourth-order valence-corrected chi connectivity index (χ4v) is 3.60. The Balaban J connectivity index is 1.67. The lowest BCUT2D eigenvalue weighted by atomic mass is 10.1. The van der Waals surface area contributed by atoms with E-state index in [1.807, 2.05) is 12.1 Å². The van der Waals surface area contributed by atoms with Gasteiger partial charge in [0.05, 0.1) is 29.4 Å². The van der Waals surface area contributed by atoms with Crippen LogP contribution in [0, 0.1) is 0 Å². The van der Waals surface area contributed by atoms with E-state index in [1.165, 1.54) is 13.2 Å². The van der Waals surface area contributed by atoms with Crippen LogP contribution < -0.4 is 5.32 Å². The highest BCUT2D eigenvalue weighted by molar-refractivity contribution is 6.23. The van der Waals surface area contributed by atoms with Gasteiger partial charge >= 0.3 is 5.97 Å². The van der Waals surface area contributed by atoms with Gasteiger partial charge in [-0.15, -0.1) is 0 Å². The van der Waals surface area contributed by atoms with Crippen molar-refractivity contribution in [2.24, 2.45) is 0 Å². The van der Waals surface area contributed by atoms with Crippen LogP contribution in [0.2, 0.25) is 0 Å². The largest absolute Gasteiger partial charge is 0.466 e. The number of methoxy groups -OCH3 is 1. The number of benzene rings is 2. The topological polar surface area (TPSA) is 106 Å². The molecule has 4 rings (SSSR count). The van der Waals surface area contributed by atoms with Gasteiger partial charge in [-0.25, -0.2) is 4.79 Å². The maximum absolute atomic E-state index is 13.3. The molecule has 1 aromatic heterocycles. The van der Waals surface area contributed by atoms with E-state index in [2.05, 4.69) is 15.0 Å². The van der Waals surface area contributed by atoms with Gasteiger partial charge in [0.2, 0.25) is 5.91 Å². The van der Waals surface area contributed by atoms with Gasteiger partial charge in [-0.05, 0) is 30.7 Å². The number of esters is 1. The first-order chi connectivity index (χ1) is 15.5. The van der Waals surface area contributed by atoms with Crippen molar-refractivity contribution in [3.8, 4) is 0 Å². The van der Waals surface area contributed by atoms with E-state index in [4.69, 9.17) is 0 Å². The van der Waals surface area contributed by atoms with Crippen molar-refractivity contribution in [3.63, 3.8) is 0 Å². The van der Waals surface area contributed by atoms with Crippen LogP contribution in [-0.2, 0) is 14.3 Å². The molecule has 1 aliphatic rings. The van der Waals surface area contributed by atoms with Crippen molar-refractivity contribution >= 4 is 40.3 Å². The molecule has 2 heterocycles. The molecule has 0 spiro atoms. The van der Waals surface area contributed by atoms with Crippen molar-refractivity contribution in [1.29, 1.82) is 0 Å². The molecule has 1 N–H and O–H groups in total. The van der Waals surface area contributed by atoms with Crippen molar-refractivity contribution < 1.29 is 23.9 Å². The summed E-state index contributed by atoms with van der Waals surface area (Å²) in [6, 6.07) is 14.2. The monoisotopic (exact) mass is 429 g/mol. The van der Waals surface area contributed by atoms with E-state index in [-0.39, 0.29) is 17.5 Å². The third-order valence-electron chi connectivity index (χ3n) is 5.14. The number of nitrogens with zero attached hydrogens (tertiary/aromatic N) is 2. The minimum Gasteiger partial charge on any atom is -0.466 e. The Bertz CT molecular complexity index is 1230. The van der Waals surface area contributed by atoms with Gasteiger partial charge in [0, 0.05) is 17.7 Å². The molecule has 8 heteroatoms. The van der Waals surface area contributed by atoms with Gasteiger partial charge in [0.15, 0.2) is 0 Å². The number of imide groups is 1. The molecule has 160 valence electrons. The molecule has 8 nitrogen and oxygen atoms in total. The molecule has 0 saturated heterocycles. The number of para-hydroxylation sites is 1. The zero-order chi connectivity index (χ0) is 22.7. The number of nitrogens with one attached hydrogen (secondary N) is 1. The van der Waals surface area contributed by atoms with Gasteiger partial charge < -0.3 is 10.1 Å². The molecule has 3 amide bonds. The third kappa shape index (κ3) is 3.85. The number of rotatable bonds is 6. The molecule has 0 unspecified atom stereocenters. The Hall–Kier alpha value is -4.33. The molecule has 3 aromatic rings. The van der Waals surface area contributed by atoms with Crippen molar-refractivity contribution in [2.45, 2.75) is 12.5 Å². The van der Waals surface area contributed by atoms with E-state index in [0.29, 0.717) is 11.2 Å². The summed E-state index contributed by atoms with van der Waals surface area (Å²) in [5.74, 6) is -2.31. The Labute approximate surface area is 183 Å². The van der Waals surface area contributed by atoms with Crippen LogP contribution >= 0.6 is 0 Å². The molecular formula is C24H19N3O5. The number of fused-ring (bicyclic) bond motifs is 2. The highest BCUT2D eigenvalue weighted by Gasteiger charge is 2.42. The van der Waals surface area contributed by atoms with E-state index >= 15 is 0 Å². The first kappa shape index (κ1) is 20.9. The molecule has 0 saturated carbocycles. The fourth-order valence-electron chi connectivity index (χ4n) is 3.60. The summed E-state index contributed by atoms with van der Waals surface area (Å²) in [5, 5.41) is 3.61. The molecule has 1 atom stereocenters. The lowest BCUT2D eigenvalue weighted by molar-refractivity contribution is -0.134. The smallest absolute Gasteiger partial charge is 0.330 e. The third-order valence-corrected chi connectivity index (χ3v) is 5.14. The second-order valence-electron chi connectivity index (χ2n) is 7.07. The molecule has 1 aliphatic heterocycles. The Morgan fingerprint density at radius 2 is 1.72 bits per heavy atom. The fraction of sp³-hybridized carbons (Fsp3) is 0.125. The second kappa shape index (κ2) is 8.81. The van der Waals surface area contributed by atoms with Gasteiger partial charge in [-0.1, -0.05) is 36.4 Å². The van der Waals surface area contributed by atoms with Crippen LogP contribution in [0.4, 0.5) is 5.69 Å². The Morgan fingerprint density at radius 1 is 1.03 bits per heavy atom. The van der Waals surface area contributed by atoms with Gasteiger partial charge in [-0.2, -0.15) is 0 Å². The van der Waals surface area contributed by atoms with Gasteiger partial charge in [-0.3, -0.25) is 24.3 Å². The predicted molar refractivity (Wildman–Crippen MR) is 117 cm³/mol. The van der Waals surface area contributed by atoms with E-state index < -0.39 is 29.7 Å². The van der Waals surface area contributed by atoms with E-state index in [9.17, 15) is 19.2 Å². The number of carbonyl (C=O) groups excluding carboxylic acids is 4. The first-order valence-electron chi connectivity index (χ1n) is 9.87. The number of aromatic nitrogens is 1. The van der Waals surface area contributed by atoms with Crippen molar-refractivity contribution in [3.05, 3.63) is 84.1 Å². The zero-order valence-corrected chi connectivity index (χ0v) is 17.1. The number of pyridine rings is 1. The normalized spacial score (nSPS) is 14.0. The minimum atomic E-state index is -1.18. The lowest BCUT2D eigenvalue weighted by Gasteiger charge is -2.24. The molecule has 0 fully saturated rings. The highest BCUT2D eigenvalue weighted by atomic mass is 16.5. The number of hydrogen-bond acceptors (Lipinski definition) is 6. The van der Waals surface area contributed by atoms with Crippen molar-refractivity contribution in [2.75, 3.05) is 12.4 Å². The Morgan fingerprint density at radius 3 is 2.41 bits per heavy atom. The second-order valence-corrected chi connectivity index (χ2v) is 7.07. The number of hydrogen-bond donors (Lipinski definition) is 1. The molecule has 32 heavy (non-hydrogen) atoms. The van der Waals surface area contributed by atoms with Crippen LogP contribution in [0.25, 0.3) is 10.9 Å². The molecule has 0 radical (unpaired) electrons. The molecule has 0 bridgehead atoms. The summed E-state index contributed by atoms with van der Waals surface area (Å²) < 4.78 is 4.57. The van der Waals surface area contributed by atoms with Crippen molar-refractivity contribution in [1.82, 2.24) is 9.88 Å². The maximum atomic E-state index is 13.3. The zero-order valence-electron chi connectivity index (χ0n) is 17.1. The van der Waals surface area contributed by atoms with Crippen LogP contribution in [0.3, 0.4) is 0 Å². The summed E-state index contributed by atoms with van der Waals surface area (Å²) >= 11 is 0.